The Labute approximate surface area is 169 Å². The summed E-state index contributed by atoms with van der Waals surface area (Å²) in [6.07, 6.45) is 1.83. The van der Waals surface area contributed by atoms with Crippen LogP contribution in [0.2, 0.25) is 0 Å². The predicted octanol–water partition coefficient (Wildman–Crippen LogP) is 3.60. The molecule has 5 rings (SSSR count). The second-order valence-electron chi connectivity index (χ2n) is 7.13. The maximum Gasteiger partial charge on any atom is 0.282 e. The van der Waals surface area contributed by atoms with Crippen LogP contribution >= 0.6 is 11.3 Å². The summed E-state index contributed by atoms with van der Waals surface area (Å²) in [5.74, 6) is -1.09. The second-order valence-corrected chi connectivity index (χ2v) is 8.19. The molecule has 0 aliphatic carbocycles. The number of nitro benzene ring substituents is 1. The molecule has 0 saturated carbocycles. The van der Waals surface area contributed by atoms with Crippen molar-refractivity contribution in [3.63, 3.8) is 0 Å². The van der Waals surface area contributed by atoms with Crippen LogP contribution in [-0.2, 0) is 0 Å². The molecular weight excluding hydrogens is 392 g/mol. The number of nitrogens with zero attached hydrogens (tertiary/aromatic N) is 4. The first-order valence-corrected chi connectivity index (χ1v) is 10.1. The molecule has 1 atom stereocenters. The van der Waals surface area contributed by atoms with Crippen molar-refractivity contribution in [2.45, 2.75) is 18.9 Å². The minimum absolute atomic E-state index is 0.0201. The molecule has 8 nitrogen and oxygen atoms in total. The molecule has 3 aromatic rings. The number of fused-ring (bicyclic) bond motifs is 2. The van der Waals surface area contributed by atoms with Gasteiger partial charge in [-0.05, 0) is 31.0 Å². The number of nitro groups is 1. The van der Waals surface area contributed by atoms with Crippen LogP contribution in [0.1, 0.15) is 44.6 Å². The fourth-order valence-corrected chi connectivity index (χ4v) is 5.22. The molecule has 2 amide bonds. The lowest BCUT2D eigenvalue weighted by molar-refractivity contribution is -0.385. The molecule has 2 aromatic carbocycles. The van der Waals surface area contributed by atoms with Gasteiger partial charge >= 0.3 is 0 Å². The van der Waals surface area contributed by atoms with Crippen LogP contribution in [0.15, 0.2) is 42.5 Å². The van der Waals surface area contributed by atoms with Gasteiger partial charge in [-0.25, -0.2) is 4.98 Å². The van der Waals surface area contributed by atoms with E-state index in [2.05, 4.69) is 4.90 Å². The number of imide groups is 1. The highest BCUT2D eigenvalue weighted by atomic mass is 32.1. The first kappa shape index (κ1) is 17.9. The van der Waals surface area contributed by atoms with E-state index < -0.39 is 16.7 Å². The summed E-state index contributed by atoms with van der Waals surface area (Å²) >= 11 is 1.62. The van der Waals surface area contributed by atoms with Crippen LogP contribution in [0.25, 0.3) is 10.2 Å². The van der Waals surface area contributed by atoms with E-state index in [1.165, 1.54) is 18.2 Å². The molecule has 2 aliphatic heterocycles. The van der Waals surface area contributed by atoms with Crippen LogP contribution in [0.3, 0.4) is 0 Å². The number of hydrogen-bond acceptors (Lipinski definition) is 7. The van der Waals surface area contributed by atoms with Gasteiger partial charge in [0.1, 0.15) is 10.6 Å². The summed E-state index contributed by atoms with van der Waals surface area (Å²) in [4.78, 5) is 44.2. The van der Waals surface area contributed by atoms with Crippen LogP contribution in [0, 0.1) is 10.1 Å². The van der Waals surface area contributed by atoms with E-state index >= 15 is 0 Å². The first-order chi connectivity index (χ1) is 14.0. The van der Waals surface area contributed by atoms with Gasteiger partial charge in [-0.2, -0.15) is 0 Å². The van der Waals surface area contributed by atoms with Gasteiger partial charge in [-0.15, -0.1) is 11.3 Å². The lowest BCUT2D eigenvalue weighted by Gasteiger charge is -2.27. The fourth-order valence-electron chi connectivity index (χ4n) is 4.09. The Bertz CT molecular complexity index is 1140. The van der Waals surface area contributed by atoms with Gasteiger partial charge in [-0.3, -0.25) is 29.5 Å². The van der Waals surface area contributed by atoms with E-state index in [4.69, 9.17) is 4.98 Å². The second kappa shape index (κ2) is 6.71. The first-order valence-electron chi connectivity index (χ1n) is 9.27. The van der Waals surface area contributed by atoms with Gasteiger partial charge in [0.2, 0.25) is 0 Å². The molecule has 0 radical (unpaired) electrons. The third-order valence-corrected chi connectivity index (χ3v) is 6.59. The largest absolute Gasteiger partial charge is 0.282 e. The third kappa shape index (κ3) is 2.81. The molecule has 0 unspecified atom stereocenters. The Kier molecular flexibility index (Phi) is 4.14. The molecule has 0 spiro atoms. The minimum Gasteiger partial charge on any atom is -0.276 e. The highest BCUT2D eigenvalue weighted by Gasteiger charge is 2.43. The Balaban J connectivity index is 1.44. The van der Waals surface area contributed by atoms with Gasteiger partial charge in [0.05, 0.1) is 33.4 Å². The summed E-state index contributed by atoms with van der Waals surface area (Å²) < 4.78 is 1.10. The number of hydrogen-bond donors (Lipinski definition) is 0. The van der Waals surface area contributed by atoms with Crippen LogP contribution in [0.5, 0.6) is 0 Å². The number of amides is 2. The van der Waals surface area contributed by atoms with E-state index in [9.17, 15) is 19.7 Å². The maximum absolute atomic E-state index is 12.9. The monoisotopic (exact) mass is 408 g/mol. The van der Waals surface area contributed by atoms with E-state index in [-0.39, 0.29) is 29.5 Å². The highest BCUT2D eigenvalue weighted by molar-refractivity contribution is 7.18. The van der Waals surface area contributed by atoms with Crippen molar-refractivity contribution in [1.82, 2.24) is 14.8 Å². The number of aromatic nitrogens is 1. The van der Waals surface area contributed by atoms with E-state index in [0.717, 1.165) is 39.5 Å². The highest BCUT2D eigenvalue weighted by Crippen LogP contribution is 2.38. The van der Waals surface area contributed by atoms with Crippen molar-refractivity contribution < 1.29 is 14.5 Å². The van der Waals surface area contributed by atoms with E-state index in [0.29, 0.717) is 0 Å². The molecule has 3 heterocycles. The van der Waals surface area contributed by atoms with Crippen molar-refractivity contribution in [3.8, 4) is 0 Å². The van der Waals surface area contributed by atoms with Crippen molar-refractivity contribution >= 4 is 39.1 Å². The number of likely N-dealkylation sites (tertiary alicyclic amines) is 1. The van der Waals surface area contributed by atoms with Gasteiger partial charge in [0.25, 0.3) is 17.5 Å². The predicted molar refractivity (Wildman–Crippen MR) is 107 cm³/mol. The Morgan fingerprint density at radius 1 is 1.14 bits per heavy atom. The molecule has 1 saturated heterocycles. The summed E-state index contributed by atoms with van der Waals surface area (Å²) in [5, 5.41) is 12.3. The summed E-state index contributed by atoms with van der Waals surface area (Å²) in [6, 6.07) is 12.1. The third-order valence-electron chi connectivity index (χ3n) is 5.46. The lowest BCUT2D eigenvalue weighted by Crippen LogP contribution is -2.41. The molecule has 1 aromatic heterocycles. The SMILES string of the molecule is O=C1c2cccc([N+](=O)[O-])c2C(=O)N1CN1CCC[C@@H]1c1nc2ccccc2s1. The van der Waals surface area contributed by atoms with E-state index in [1.807, 2.05) is 24.3 Å². The molecule has 29 heavy (non-hydrogen) atoms. The Hall–Kier alpha value is -3.17. The van der Waals surface area contributed by atoms with E-state index in [1.54, 1.807) is 11.3 Å². The Morgan fingerprint density at radius 2 is 1.97 bits per heavy atom. The maximum atomic E-state index is 12.9. The fraction of sp³-hybridized carbons (Fsp3) is 0.250. The summed E-state index contributed by atoms with van der Waals surface area (Å²) in [6.45, 7) is 0.834. The van der Waals surface area contributed by atoms with Crippen LogP contribution in [0.4, 0.5) is 5.69 Å². The standard InChI is InChI=1S/C20H16N4O4S/c25-19-12-5-3-7-14(24(27)28)17(12)20(26)23(19)11-22-10-4-8-15(22)18-21-13-6-1-2-9-16(13)29-18/h1-3,5-7,9,15H,4,8,10-11H2/t15-/m1/s1. The molecule has 1 fully saturated rings. The molecule has 146 valence electrons. The van der Waals surface area contributed by atoms with Crippen molar-refractivity contribution in [2.24, 2.45) is 0 Å². The zero-order valence-electron chi connectivity index (χ0n) is 15.3. The number of para-hydroxylation sites is 1. The molecule has 2 aliphatic rings. The molecule has 9 heteroatoms. The Morgan fingerprint density at radius 3 is 2.76 bits per heavy atom. The number of rotatable bonds is 4. The smallest absolute Gasteiger partial charge is 0.276 e. The average Bonchev–Trinajstić information content (AvgIpc) is 3.41. The van der Waals surface area contributed by atoms with Gasteiger partial charge in [0.15, 0.2) is 0 Å². The molecule has 0 bridgehead atoms. The zero-order valence-corrected chi connectivity index (χ0v) is 16.1. The van der Waals surface area contributed by atoms with Crippen molar-refractivity contribution in [2.75, 3.05) is 13.2 Å². The molecule has 0 N–H and O–H groups in total. The topological polar surface area (TPSA) is 96.6 Å². The number of carbonyl (C=O) groups is 2. The quantitative estimate of drug-likeness (QED) is 0.372. The normalized spacial score (nSPS) is 19.3. The van der Waals surface area contributed by atoms with Crippen molar-refractivity contribution in [1.29, 1.82) is 0 Å². The zero-order chi connectivity index (χ0) is 20.1. The average molecular weight is 408 g/mol. The molecular formula is C20H16N4O4S. The van der Waals surface area contributed by atoms with Gasteiger partial charge < -0.3 is 0 Å². The number of thiazole rings is 1. The van der Waals surface area contributed by atoms with Crippen LogP contribution < -0.4 is 0 Å². The summed E-state index contributed by atoms with van der Waals surface area (Å²) in [7, 11) is 0. The van der Waals surface area contributed by atoms with Gasteiger partial charge in [0, 0.05) is 12.6 Å². The number of carbonyl (C=O) groups excluding carboxylic acids is 2. The van der Waals surface area contributed by atoms with Crippen LogP contribution in [-0.4, -0.2) is 44.7 Å². The lowest BCUT2D eigenvalue weighted by atomic mass is 10.1. The van der Waals surface area contributed by atoms with Crippen molar-refractivity contribution in [3.05, 3.63) is 68.7 Å². The van der Waals surface area contributed by atoms with Gasteiger partial charge in [-0.1, -0.05) is 18.2 Å². The summed E-state index contributed by atoms with van der Waals surface area (Å²) in [5.41, 5.74) is 0.598. The minimum atomic E-state index is -0.618. The number of benzene rings is 2.